The van der Waals surface area contributed by atoms with E-state index in [1.54, 1.807) is 20.8 Å². The van der Waals surface area contributed by atoms with Gasteiger partial charge in [-0.25, -0.2) is 4.79 Å². The van der Waals surface area contributed by atoms with Crippen LogP contribution in [0.2, 0.25) is 0 Å². The predicted octanol–water partition coefficient (Wildman–Crippen LogP) is -0.646. The van der Waals surface area contributed by atoms with Gasteiger partial charge in [-0.1, -0.05) is 0 Å². The van der Waals surface area contributed by atoms with Crippen LogP contribution >= 0.6 is 0 Å². The molecular formula is C10H18N2O6S. The molecule has 0 unspecified atom stereocenters. The molecule has 1 rings (SSSR count). The maximum atomic E-state index is 11.5. The van der Waals surface area contributed by atoms with Crippen molar-refractivity contribution < 1.29 is 26.9 Å². The van der Waals surface area contributed by atoms with Crippen molar-refractivity contribution in [1.82, 2.24) is 10.6 Å². The molecule has 0 radical (unpaired) electrons. The van der Waals surface area contributed by atoms with Crippen molar-refractivity contribution in [1.29, 1.82) is 0 Å². The van der Waals surface area contributed by atoms with Gasteiger partial charge >= 0.3 is 6.09 Å². The van der Waals surface area contributed by atoms with Crippen LogP contribution in [0.1, 0.15) is 20.8 Å². The van der Waals surface area contributed by atoms with E-state index in [0.717, 1.165) is 6.26 Å². The second kappa shape index (κ2) is 5.33. The molecule has 2 amide bonds. The number of ether oxygens (including phenoxy) is 1. The van der Waals surface area contributed by atoms with E-state index in [1.165, 1.54) is 0 Å². The van der Waals surface area contributed by atoms with Crippen molar-refractivity contribution >= 4 is 22.1 Å². The minimum atomic E-state index is -3.59. The van der Waals surface area contributed by atoms with Crippen LogP contribution in [0.3, 0.4) is 0 Å². The summed E-state index contributed by atoms with van der Waals surface area (Å²) in [5.74, 6) is -0.409. The number of amides is 2. The number of β-lactam (4-membered cyclic amide) rings is 1. The molecule has 0 saturated carbocycles. The molecule has 0 aliphatic carbocycles. The van der Waals surface area contributed by atoms with Crippen LogP contribution in [0, 0.1) is 0 Å². The van der Waals surface area contributed by atoms with Gasteiger partial charge in [-0.05, 0) is 20.8 Å². The SMILES string of the molecule is CC(C)(C)OC(=O)N[C@H]1C(=O)N[C@H]1COS(C)(=O)=O. The normalized spacial score (nSPS) is 23.3. The number of rotatable bonds is 4. The largest absolute Gasteiger partial charge is 0.444 e. The Hall–Kier alpha value is -1.35. The highest BCUT2D eigenvalue weighted by molar-refractivity contribution is 7.85. The highest BCUT2D eigenvalue weighted by atomic mass is 32.2. The third-order valence-electron chi connectivity index (χ3n) is 2.15. The molecule has 19 heavy (non-hydrogen) atoms. The summed E-state index contributed by atoms with van der Waals surface area (Å²) in [5.41, 5.74) is -0.678. The number of carbonyl (C=O) groups is 2. The molecule has 1 aliphatic heterocycles. The second-order valence-corrected chi connectivity index (χ2v) is 6.87. The second-order valence-electron chi connectivity index (χ2n) is 5.23. The first-order chi connectivity index (χ1) is 8.48. The fraction of sp³-hybridized carbons (Fsp3) is 0.800. The maximum absolute atomic E-state index is 11.5. The molecule has 110 valence electrons. The van der Waals surface area contributed by atoms with E-state index in [9.17, 15) is 18.0 Å². The zero-order valence-electron chi connectivity index (χ0n) is 11.2. The molecule has 0 aromatic rings. The first-order valence-corrected chi connectivity index (χ1v) is 7.44. The molecular weight excluding hydrogens is 276 g/mol. The van der Waals surface area contributed by atoms with Gasteiger partial charge in [-0.3, -0.25) is 8.98 Å². The van der Waals surface area contributed by atoms with Crippen molar-refractivity contribution in [2.24, 2.45) is 0 Å². The highest BCUT2D eigenvalue weighted by Crippen LogP contribution is 2.11. The van der Waals surface area contributed by atoms with Gasteiger partial charge in [-0.2, -0.15) is 8.42 Å². The summed E-state index contributed by atoms with van der Waals surface area (Å²) in [6.45, 7) is 4.85. The average Bonchev–Trinajstić information content (AvgIpc) is 2.17. The first kappa shape index (κ1) is 15.7. The molecule has 0 aromatic carbocycles. The molecule has 2 N–H and O–H groups in total. The lowest BCUT2D eigenvalue weighted by atomic mass is 10.0. The Kier molecular flexibility index (Phi) is 4.41. The van der Waals surface area contributed by atoms with E-state index in [4.69, 9.17) is 4.74 Å². The molecule has 0 spiro atoms. The Balaban J connectivity index is 2.47. The lowest BCUT2D eigenvalue weighted by molar-refractivity contribution is -0.132. The van der Waals surface area contributed by atoms with Crippen molar-refractivity contribution in [2.75, 3.05) is 12.9 Å². The smallest absolute Gasteiger partial charge is 0.408 e. The molecule has 1 fully saturated rings. The fourth-order valence-corrected chi connectivity index (χ4v) is 1.77. The van der Waals surface area contributed by atoms with Gasteiger partial charge < -0.3 is 15.4 Å². The summed E-state index contributed by atoms with van der Waals surface area (Å²) >= 11 is 0. The summed E-state index contributed by atoms with van der Waals surface area (Å²) in [6, 6.07) is -1.44. The Morgan fingerprint density at radius 3 is 2.42 bits per heavy atom. The van der Waals surface area contributed by atoms with Gasteiger partial charge in [0.1, 0.15) is 11.6 Å². The predicted molar refractivity (Wildman–Crippen MR) is 65.9 cm³/mol. The van der Waals surface area contributed by atoms with Crippen LogP contribution in [0.15, 0.2) is 0 Å². The molecule has 9 heteroatoms. The zero-order chi connectivity index (χ0) is 14.8. The van der Waals surface area contributed by atoms with Gasteiger partial charge in [0.05, 0.1) is 18.9 Å². The molecule has 1 heterocycles. The van der Waals surface area contributed by atoms with Crippen LogP contribution in [-0.4, -0.2) is 51.0 Å². The van der Waals surface area contributed by atoms with E-state index in [2.05, 4.69) is 14.8 Å². The summed E-state index contributed by atoms with van der Waals surface area (Å²) in [6.07, 6.45) is 0.167. The van der Waals surface area contributed by atoms with E-state index >= 15 is 0 Å². The van der Waals surface area contributed by atoms with Gasteiger partial charge in [0, 0.05) is 0 Å². The summed E-state index contributed by atoms with van der Waals surface area (Å²) in [5, 5.41) is 4.80. The van der Waals surface area contributed by atoms with Gasteiger partial charge in [0.15, 0.2) is 0 Å². The lowest BCUT2D eigenvalue weighted by Crippen LogP contribution is -2.70. The van der Waals surface area contributed by atoms with Crippen LogP contribution < -0.4 is 10.6 Å². The van der Waals surface area contributed by atoms with E-state index in [1.807, 2.05) is 0 Å². The third-order valence-corrected chi connectivity index (χ3v) is 2.71. The van der Waals surface area contributed by atoms with Crippen LogP contribution in [-0.2, 0) is 23.8 Å². The van der Waals surface area contributed by atoms with Gasteiger partial charge in [0.2, 0.25) is 5.91 Å². The number of carbonyl (C=O) groups excluding carboxylic acids is 2. The Morgan fingerprint density at radius 2 is 2.00 bits per heavy atom. The van der Waals surface area contributed by atoms with Crippen LogP contribution in [0.25, 0.3) is 0 Å². The lowest BCUT2D eigenvalue weighted by Gasteiger charge is -2.36. The van der Waals surface area contributed by atoms with E-state index < -0.39 is 39.8 Å². The maximum Gasteiger partial charge on any atom is 0.408 e. The number of hydrogen-bond donors (Lipinski definition) is 2. The minimum Gasteiger partial charge on any atom is -0.444 e. The standard InChI is InChI=1S/C10H18N2O6S/c1-10(2,3)18-9(14)12-7-6(11-8(7)13)5-17-19(4,15)16/h6-7H,5H2,1-4H3,(H,11,13)(H,12,14)/t6-,7+/m0/s1. The number of nitrogens with one attached hydrogen (secondary N) is 2. The van der Waals surface area contributed by atoms with Crippen molar-refractivity contribution in [3.05, 3.63) is 0 Å². The minimum absolute atomic E-state index is 0.231. The van der Waals surface area contributed by atoms with Crippen molar-refractivity contribution in [3.8, 4) is 0 Å². The first-order valence-electron chi connectivity index (χ1n) is 5.62. The summed E-state index contributed by atoms with van der Waals surface area (Å²) in [4.78, 5) is 22.8. The molecule has 8 nitrogen and oxygen atoms in total. The molecule has 1 aliphatic rings. The average molecular weight is 294 g/mol. The summed E-state index contributed by atoms with van der Waals surface area (Å²) < 4.78 is 31.2. The Labute approximate surface area is 112 Å². The zero-order valence-corrected chi connectivity index (χ0v) is 12.0. The molecule has 0 aromatic heterocycles. The molecule has 1 saturated heterocycles. The van der Waals surface area contributed by atoms with Gasteiger partial charge in [0.25, 0.3) is 10.1 Å². The third kappa shape index (κ3) is 5.43. The van der Waals surface area contributed by atoms with Gasteiger partial charge in [-0.15, -0.1) is 0 Å². The number of alkyl carbamates (subject to hydrolysis) is 1. The van der Waals surface area contributed by atoms with E-state index in [-0.39, 0.29) is 6.61 Å². The Bertz CT molecular complexity index is 467. The highest BCUT2D eigenvalue weighted by Gasteiger charge is 2.41. The molecule has 2 atom stereocenters. The topological polar surface area (TPSA) is 111 Å². The van der Waals surface area contributed by atoms with Crippen molar-refractivity contribution in [3.63, 3.8) is 0 Å². The van der Waals surface area contributed by atoms with Crippen LogP contribution in [0.4, 0.5) is 4.79 Å². The summed E-state index contributed by atoms with van der Waals surface area (Å²) in [7, 11) is -3.59. The number of hydrogen-bond acceptors (Lipinski definition) is 6. The monoisotopic (exact) mass is 294 g/mol. The Morgan fingerprint density at radius 1 is 1.42 bits per heavy atom. The van der Waals surface area contributed by atoms with E-state index in [0.29, 0.717) is 0 Å². The fourth-order valence-electron chi connectivity index (χ4n) is 1.38. The molecule has 0 bridgehead atoms. The van der Waals surface area contributed by atoms with Crippen molar-refractivity contribution in [2.45, 2.75) is 38.5 Å². The quantitative estimate of drug-likeness (QED) is 0.527. The van der Waals surface area contributed by atoms with Crippen LogP contribution in [0.5, 0.6) is 0 Å².